The van der Waals surface area contributed by atoms with Crippen LogP contribution < -0.4 is 0 Å². The molecule has 0 bridgehead atoms. The second-order valence-electron chi connectivity index (χ2n) is 4.11. The maximum atomic E-state index is 13.7. The molecule has 0 heterocycles. The van der Waals surface area contributed by atoms with Crippen molar-refractivity contribution in [1.29, 1.82) is 0 Å². The quantitative estimate of drug-likeness (QED) is 0.387. The van der Waals surface area contributed by atoms with Crippen LogP contribution in [0, 0.1) is 0 Å². The summed E-state index contributed by atoms with van der Waals surface area (Å²) in [4.78, 5) is 0. The van der Waals surface area contributed by atoms with Crippen LogP contribution in [0.25, 0.3) is 0 Å². The van der Waals surface area contributed by atoms with Crippen molar-refractivity contribution in [2.24, 2.45) is 0 Å². The molecule has 0 radical (unpaired) electrons. The largest absolute Gasteiger partial charge is 0.344 e. The Morgan fingerprint density at radius 2 is 1.00 bits per heavy atom. The van der Waals surface area contributed by atoms with E-state index in [4.69, 9.17) is 0 Å². The summed E-state index contributed by atoms with van der Waals surface area (Å²) in [6.45, 7) is -1.19. The summed E-state index contributed by atoms with van der Waals surface area (Å²) in [6, 6.07) is 0. The van der Waals surface area contributed by atoms with Gasteiger partial charge < -0.3 is 0 Å². The first-order valence-corrected chi connectivity index (χ1v) is 6.07. The van der Waals surface area contributed by atoms with E-state index in [2.05, 4.69) is 23.2 Å². The highest BCUT2D eigenvalue weighted by molar-refractivity contribution is 9.10. The molecule has 0 fully saturated rings. The number of hydrogen-bond acceptors (Lipinski definition) is 0. The van der Waals surface area contributed by atoms with Crippen molar-refractivity contribution in [1.82, 2.24) is 0 Å². The summed E-state index contributed by atoms with van der Waals surface area (Å²) in [5.74, 6) is -17.1. The molecular formula is C8H6BrCl2F9. The Kier molecular flexibility index (Phi) is 5.08. The van der Waals surface area contributed by atoms with E-state index in [9.17, 15) is 39.5 Å². The predicted octanol–water partition coefficient (Wildman–Crippen LogP) is 5.80. The zero-order valence-corrected chi connectivity index (χ0v) is 12.6. The topological polar surface area (TPSA) is 0 Å². The molecule has 0 aromatic rings. The Balaban J connectivity index is 6.08. The molecular weight excluding hydrogens is 418 g/mol. The van der Waals surface area contributed by atoms with Crippen molar-refractivity contribution < 1.29 is 39.5 Å². The summed E-state index contributed by atoms with van der Waals surface area (Å²) >= 11 is 9.95. The normalized spacial score (nSPS) is 23.7. The minimum Gasteiger partial charge on any atom is -0.230 e. The first-order valence-electron chi connectivity index (χ1n) is 4.52. The molecule has 0 aromatic carbocycles. The first-order chi connectivity index (χ1) is 8.25. The third-order valence-corrected chi connectivity index (χ3v) is 3.79. The van der Waals surface area contributed by atoms with E-state index in [0.717, 1.165) is 0 Å². The van der Waals surface area contributed by atoms with Gasteiger partial charge in [-0.05, 0) is 22.9 Å². The summed E-state index contributed by atoms with van der Waals surface area (Å²) in [5, 5.41) is -5.55. The fourth-order valence-corrected chi connectivity index (χ4v) is 1.76. The van der Waals surface area contributed by atoms with Gasteiger partial charge in [0.1, 0.15) is 0 Å². The Hall–Kier alpha value is 0.430. The maximum absolute atomic E-state index is 13.7. The van der Waals surface area contributed by atoms with Gasteiger partial charge in [-0.3, -0.25) is 0 Å². The molecule has 12 heteroatoms. The van der Waals surface area contributed by atoms with E-state index in [0.29, 0.717) is 0 Å². The molecule has 0 N–H and O–H groups in total. The molecule has 0 nitrogen and oxygen atoms in total. The smallest absolute Gasteiger partial charge is 0.230 e. The zero-order chi connectivity index (χ0) is 17.0. The average molecular weight is 424 g/mol. The highest BCUT2D eigenvalue weighted by atomic mass is 79.9. The highest BCUT2D eigenvalue weighted by Gasteiger charge is 2.83. The molecule has 0 rings (SSSR count). The standard InChI is InChI=1S/C8H6BrCl2F9/c1-3(12,7(18,19)8(9,11)20)6(16,17)5(10,15)4(2,13)14/h1-2H3. The van der Waals surface area contributed by atoms with Gasteiger partial charge in [0.2, 0.25) is 5.67 Å². The number of halogens is 12. The van der Waals surface area contributed by atoms with Crippen LogP contribution in [0.2, 0.25) is 0 Å². The van der Waals surface area contributed by atoms with Gasteiger partial charge >= 0.3 is 21.0 Å². The third-order valence-electron chi connectivity index (χ3n) is 2.48. The van der Waals surface area contributed by atoms with Gasteiger partial charge in [-0.25, -0.2) is 22.0 Å². The minimum atomic E-state index is -6.21. The summed E-state index contributed by atoms with van der Waals surface area (Å²) in [6.07, 6.45) is 0. The number of rotatable bonds is 5. The van der Waals surface area contributed by atoms with E-state index < -0.39 is 46.4 Å². The van der Waals surface area contributed by atoms with E-state index in [1.54, 1.807) is 0 Å². The van der Waals surface area contributed by atoms with Crippen LogP contribution in [0.3, 0.4) is 0 Å². The van der Waals surface area contributed by atoms with Crippen molar-refractivity contribution in [3.63, 3.8) is 0 Å². The summed E-state index contributed by atoms with van der Waals surface area (Å²) in [5.41, 5.74) is -5.49. The molecule has 0 aliphatic carbocycles. The molecule has 0 aliphatic heterocycles. The minimum absolute atomic E-state index is 0.486. The van der Waals surface area contributed by atoms with Gasteiger partial charge in [0.15, 0.2) is 0 Å². The van der Waals surface area contributed by atoms with Gasteiger partial charge in [0.05, 0.1) is 0 Å². The fourth-order valence-electron chi connectivity index (χ4n) is 1.03. The van der Waals surface area contributed by atoms with E-state index in [1.807, 2.05) is 0 Å². The Morgan fingerprint density at radius 3 is 1.20 bits per heavy atom. The molecule has 3 unspecified atom stereocenters. The molecule has 3 atom stereocenters. The molecule has 0 saturated carbocycles. The number of hydrogen-bond donors (Lipinski definition) is 0. The molecule has 122 valence electrons. The lowest BCUT2D eigenvalue weighted by atomic mass is 9.87. The third kappa shape index (κ3) is 2.71. The first kappa shape index (κ1) is 20.4. The van der Waals surface area contributed by atoms with Crippen LogP contribution in [-0.4, -0.2) is 32.6 Å². The van der Waals surface area contributed by atoms with Crippen molar-refractivity contribution in [3.05, 3.63) is 0 Å². The Labute approximate surface area is 125 Å². The van der Waals surface area contributed by atoms with Crippen LogP contribution >= 0.6 is 39.1 Å². The van der Waals surface area contributed by atoms with E-state index in [-0.39, 0.29) is 0 Å². The molecule has 0 aromatic heterocycles. The zero-order valence-electron chi connectivity index (χ0n) is 9.54. The van der Waals surface area contributed by atoms with Crippen LogP contribution in [0.1, 0.15) is 13.8 Å². The molecule has 0 aliphatic rings. The van der Waals surface area contributed by atoms with E-state index >= 15 is 0 Å². The van der Waals surface area contributed by atoms with Crippen LogP contribution in [0.5, 0.6) is 0 Å². The van der Waals surface area contributed by atoms with Gasteiger partial charge in [0.25, 0.3) is 5.92 Å². The lowest BCUT2D eigenvalue weighted by Crippen LogP contribution is -2.69. The monoisotopic (exact) mass is 422 g/mol. The van der Waals surface area contributed by atoms with E-state index in [1.165, 1.54) is 15.9 Å². The molecule has 0 spiro atoms. The SMILES string of the molecule is CC(F)(F)C(F)(Cl)C(F)(F)C(C)(F)C(F)(F)C(F)(Cl)Br. The van der Waals surface area contributed by atoms with Crippen molar-refractivity contribution in [2.45, 2.75) is 46.4 Å². The lowest BCUT2D eigenvalue weighted by molar-refractivity contribution is -0.307. The predicted molar refractivity (Wildman–Crippen MR) is 58.3 cm³/mol. The van der Waals surface area contributed by atoms with Gasteiger partial charge in [-0.1, -0.05) is 23.2 Å². The molecule has 0 saturated heterocycles. The van der Waals surface area contributed by atoms with Gasteiger partial charge in [0, 0.05) is 6.92 Å². The fraction of sp³-hybridized carbons (Fsp3) is 1.00. The van der Waals surface area contributed by atoms with Gasteiger partial charge in [-0.2, -0.15) is 17.6 Å². The lowest BCUT2D eigenvalue weighted by Gasteiger charge is -2.43. The second-order valence-corrected chi connectivity index (χ2v) is 6.70. The number of alkyl halides is 12. The Bertz CT molecular complexity index is 333. The Morgan fingerprint density at radius 1 is 0.700 bits per heavy atom. The molecule has 20 heavy (non-hydrogen) atoms. The van der Waals surface area contributed by atoms with Crippen LogP contribution in [-0.2, 0) is 0 Å². The van der Waals surface area contributed by atoms with Gasteiger partial charge in [-0.15, -0.1) is 0 Å². The van der Waals surface area contributed by atoms with Crippen LogP contribution in [0.15, 0.2) is 0 Å². The highest BCUT2D eigenvalue weighted by Crippen LogP contribution is 2.61. The molecule has 0 amide bonds. The van der Waals surface area contributed by atoms with Crippen molar-refractivity contribution in [3.8, 4) is 0 Å². The average Bonchev–Trinajstić information content (AvgIpc) is 2.12. The second kappa shape index (κ2) is 4.97. The summed E-state index contributed by atoms with van der Waals surface area (Å²) < 4.78 is 114. The van der Waals surface area contributed by atoms with Crippen LogP contribution in [0.4, 0.5) is 39.5 Å². The van der Waals surface area contributed by atoms with Crippen molar-refractivity contribution in [2.75, 3.05) is 0 Å². The summed E-state index contributed by atoms with van der Waals surface area (Å²) in [7, 11) is 0. The van der Waals surface area contributed by atoms with Crippen molar-refractivity contribution >= 4 is 39.1 Å². The maximum Gasteiger partial charge on any atom is 0.344 e.